The van der Waals surface area contributed by atoms with Crippen LogP contribution in [0.3, 0.4) is 0 Å². The molecule has 1 heterocycles. The Balaban J connectivity index is 1.86. The van der Waals surface area contributed by atoms with Gasteiger partial charge in [0.25, 0.3) is 0 Å². The van der Waals surface area contributed by atoms with E-state index in [0.717, 1.165) is 41.4 Å². The van der Waals surface area contributed by atoms with Crippen molar-refractivity contribution in [3.63, 3.8) is 0 Å². The van der Waals surface area contributed by atoms with Crippen molar-refractivity contribution in [3.05, 3.63) is 11.4 Å². The number of aromatic nitrogens is 2. The fraction of sp³-hybridized carbons (Fsp3) is 0.714. The van der Waals surface area contributed by atoms with Crippen LogP contribution in [-0.4, -0.2) is 23.6 Å². The van der Waals surface area contributed by atoms with Crippen LogP contribution in [0.15, 0.2) is 0 Å². The van der Waals surface area contributed by atoms with Gasteiger partial charge >= 0.3 is 0 Å². The Bertz CT molecular complexity index is 483. The topological polar surface area (TPSA) is 67.1 Å². The van der Waals surface area contributed by atoms with E-state index in [1.54, 1.807) is 0 Å². The van der Waals surface area contributed by atoms with Gasteiger partial charge in [-0.15, -0.1) is 0 Å². The highest BCUT2D eigenvalue weighted by atomic mass is 15.3. The van der Waals surface area contributed by atoms with E-state index in [-0.39, 0.29) is 0 Å². The van der Waals surface area contributed by atoms with Crippen molar-refractivity contribution in [3.8, 4) is 0 Å². The van der Waals surface area contributed by atoms with E-state index < -0.39 is 0 Å². The molecule has 5 heteroatoms. The van der Waals surface area contributed by atoms with Crippen molar-refractivity contribution >= 4 is 11.6 Å². The van der Waals surface area contributed by atoms with Gasteiger partial charge in [0.1, 0.15) is 17.5 Å². The molecule has 2 atom stereocenters. The second kappa shape index (κ2) is 4.63. The zero-order chi connectivity index (χ0) is 13.6. The van der Waals surface area contributed by atoms with E-state index in [1.807, 2.05) is 6.92 Å². The zero-order valence-corrected chi connectivity index (χ0v) is 12.0. The third-order valence-electron chi connectivity index (χ3n) is 4.36. The molecule has 0 spiro atoms. The van der Waals surface area contributed by atoms with Gasteiger partial charge in [0.2, 0.25) is 0 Å². The molecule has 0 amide bonds. The molecule has 19 heavy (non-hydrogen) atoms. The molecule has 3 N–H and O–H groups in total. The average Bonchev–Trinajstić information content (AvgIpc) is 3.28. The summed E-state index contributed by atoms with van der Waals surface area (Å²) in [7, 11) is 2.12. The van der Waals surface area contributed by atoms with Crippen LogP contribution in [0.25, 0.3) is 0 Å². The molecule has 0 radical (unpaired) electrons. The van der Waals surface area contributed by atoms with Gasteiger partial charge in [0.15, 0.2) is 0 Å². The smallest absolute Gasteiger partial charge is 0.148 e. The van der Waals surface area contributed by atoms with Gasteiger partial charge in [0.05, 0.1) is 0 Å². The van der Waals surface area contributed by atoms with Gasteiger partial charge in [-0.25, -0.2) is 15.8 Å². The number of anilines is 2. The normalized spacial score (nSPS) is 25.3. The van der Waals surface area contributed by atoms with E-state index in [9.17, 15) is 0 Å². The van der Waals surface area contributed by atoms with E-state index in [0.29, 0.717) is 5.92 Å². The maximum absolute atomic E-state index is 5.59. The predicted octanol–water partition coefficient (Wildman–Crippen LogP) is 2.04. The van der Waals surface area contributed by atoms with Crippen LogP contribution in [0.1, 0.15) is 43.5 Å². The molecule has 0 bridgehead atoms. The molecule has 1 aromatic heterocycles. The second-order valence-corrected chi connectivity index (χ2v) is 6.15. The van der Waals surface area contributed by atoms with E-state index in [2.05, 4.69) is 29.3 Å². The Kier molecular flexibility index (Phi) is 3.09. The number of nitrogens with two attached hydrogens (primary N) is 1. The maximum atomic E-state index is 5.59. The molecular weight excluding hydrogens is 238 g/mol. The SMILES string of the molecule is Cc1c(NN)nc(C2CC2)nc1N(C)CC1CC1C. The molecule has 2 aliphatic carbocycles. The Labute approximate surface area is 114 Å². The summed E-state index contributed by atoms with van der Waals surface area (Å²) in [6.07, 6.45) is 3.75. The largest absolute Gasteiger partial charge is 0.359 e. The summed E-state index contributed by atoms with van der Waals surface area (Å²) in [5.41, 5.74) is 3.76. The van der Waals surface area contributed by atoms with Gasteiger partial charge in [-0.2, -0.15) is 0 Å². The lowest BCUT2D eigenvalue weighted by Gasteiger charge is -2.22. The van der Waals surface area contributed by atoms with Gasteiger partial charge in [0, 0.05) is 25.1 Å². The molecule has 0 saturated heterocycles. The van der Waals surface area contributed by atoms with Crippen LogP contribution in [0.5, 0.6) is 0 Å². The van der Waals surface area contributed by atoms with Crippen molar-refractivity contribution in [2.45, 2.75) is 39.0 Å². The number of nitrogens with one attached hydrogen (secondary N) is 1. The summed E-state index contributed by atoms with van der Waals surface area (Å²) in [5.74, 6) is 10.6. The lowest BCUT2D eigenvalue weighted by atomic mass is 10.2. The van der Waals surface area contributed by atoms with Crippen LogP contribution in [0.2, 0.25) is 0 Å². The van der Waals surface area contributed by atoms with Crippen LogP contribution in [-0.2, 0) is 0 Å². The van der Waals surface area contributed by atoms with Gasteiger partial charge in [-0.3, -0.25) is 0 Å². The number of hydrogen-bond donors (Lipinski definition) is 2. The van der Waals surface area contributed by atoms with E-state index in [1.165, 1.54) is 19.3 Å². The lowest BCUT2D eigenvalue weighted by molar-refractivity contribution is 0.713. The molecule has 2 saturated carbocycles. The minimum absolute atomic E-state index is 0.541. The van der Waals surface area contributed by atoms with Gasteiger partial charge < -0.3 is 10.3 Å². The molecule has 0 aliphatic heterocycles. The Morgan fingerprint density at radius 1 is 1.37 bits per heavy atom. The van der Waals surface area contributed by atoms with Crippen molar-refractivity contribution in [1.82, 2.24) is 9.97 Å². The van der Waals surface area contributed by atoms with Gasteiger partial charge in [-0.1, -0.05) is 6.92 Å². The highest BCUT2D eigenvalue weighted by Crippen LogP contribution is 2.41. The summed E-state index contributed by atoms with van der Waals surface area (Å²) < 4.78 is 0. The quantitative estimate of drug-likeness (QED) is 0.627. The molecule has 3 rings (SSSR count). The van der Waals surface area contributed by atoms with Gasteiger partial charge in [-0.05, 0) is 38.0 Å². The first-order valence-corrected chi connectivity index (χ1v) is 7.16. The standard InChI is InChI=1S/C14H23N5/c1-8-6-11(8)7-19(3)14-9(2)12(18-15)16-13(17-14)10-4-5-10/h8,10-11H,4-7,15H2,1-3H3,(H,16,17,18). The minimum Gasteiger partial charge on any atom is -0.359 e. The zero-order valence-electron chi connectivity index (χ0n) is 12.0. The summed E-state index contributed by atoms with van der Waals surface area (Å²) in [6, 6.07) is 0. The molecular formula is C14H23N5. The molecule has 0 aromatic carbocycles. The minimum atomic E-state index is 0.541. The van der Waals surface area contributed by atoms with Crippen LogP contribution in [0, 0.1) is 18.8 Å². The predicted molar refractivity (Wildman–Crippen MR) is 77.1 cm³/mol. The monoisotopic (exact) mass is 261 g/mol. The summed E-state index contributed by atoms with van der Waals surface area (Å²) in [5, 5.41) is 0. The number of hydrazine groups is 1. The fourth-order valence-electron chi connectivity index (χ4n) is 2.65. The first kappa shape index (κ1) is 12.7. The maximum Gasteiger partial charge on any atom is 0.148 e. The highest BCUT2D eigenvalue weighted by molar-refractivity contribution is 5.58. The molecule has 1 aromatic rings. The Morgan fingerprint density at radius 2 is 2.05 bits per heavy atom. The number of nitrogens with zero attached hydrogens (tertiary/aromatic N) is 3. The van der Waals surface area contributed by atoms with Crippen LogP contribution < -0.4 is 16.2 Å². The van der Waals surface area contributed by atoms with Crippen LogP contribution in [0.4, 0.5) is 11.6 Å². The summed E-state index contributed by atoms with van der Waals surface area (Å²) >= 11 is 0. The lowest BCUT2D eigenvalue weighted by Crippen LogP contribution is -2.24. The fourth-order valence-corrected chi connectivity index (χ4v) is 2.65. The van der Waals surface area contributed by atoms with Crippen molar-refractivity contribution in [1.29, 1.82) is 0 Å². The van der Waals surface area contributed by atoms with E-state index in [4.69, 9.17) is 10.8 Å². The number of hydrogen-bond acceptors (Lipinski definition) is 5. The molecule has 2 fully saturated rings. The Hall–Kier alpha value is -1.36. The average molecular weight is 261 g/mol. The highest BCUT2D eigenvalue weighted by Gasteiger charge is 2.34. The van der Waals surface area contributed by atoms with E-state index >= 15 is 0 Å². The number of rotatable bonds is 5. The Morgan fingerprint density at radius 3 is 2.58 bits per heavy atom. The van der Waals surface area contributed by atoms with Crippen molar-refractivity contribution in [2.24, 2.45) is 17.7 Å². The van der Waals surface area contributed by atoms with Crippen molar-refractivity contribution in [2.75, 3.05) is 23.9 Å². The number of nitrogen functional groups attached to an aromatic ring is 1. The molecule has 2 unspecified atom stereocenters. The van der Waals surface area contributed by atoms with Crippen LogP contribution >= 0.6 is 0 Å². The second-order valence-electron chi connectivity index (χ2n) is 6.15. The van der Waals surface area contributed by atoms with Crippen molar-refractivity contribution < 1.29 is 0 Å². The first-order chi connectivity index (χ1) is 9.10. The summed E-state index contributed by atoms with van der Waals surface area (Å²) in [6.45, 7) is 5.43. The third-order valence-corrected chi connectivity index (χ3v) is 4.36. The third kappa shape index (κ3) is 2.52. The summed E-state index contributed by atoms with van der Waals surface area (Å²) in [4.78, 5) is 11.6. The first-order valence-electron chi connectivity index (χ1n) is 7.16. The molecule has 5 nitrogen and oxygen atoms in total. The molecule has 2 aliphatic rings. The molecule has 104 valence electrons.